The molecule has 0 heterocycles. The van der Waals surface area contributed by atoms with Crippen LogP contribution < -0.4 is 4.74 Å². The number of rotatable bonds is 22. The van der Waals surface area contributed by atoms with Gasteiger partial charge in [-0.15, -0.1) is 0 Å². The van der Waals surface area contributed by atoms with Crippen molar-refractivity contribution < 1.29 is 4.74 Å². The average Bonchev–Trinajstić information content (AvgIpc) is 2.77. The van der Waals surface area contributed by atoms with Crippen LogP contribution >= 0.6 is 15.9 Å². The first-order valence-electron chi connectivity index (χ1n) is 13.1. The third-order valence-corrected chi connectivity index (χ3v) is 6.60. The summed E-state index contributed by atoms with van der Waals surface area (Å²) >= 11 is 3.51. The fourth-order valence-corrected chi connectivity index (χ4v) is 4.41. The predicted molar refractivity (Wildman–Crippen MR) is 138 cm³/mol. The summed E-state index contributed by atoms with van der Waals surface area (Å²) in [5, 5.41) is 1.17. The highest BCUT2D eigenvalue weighted by atomic mass is 79.9. The normalized spacial score (nSPS) is 11.1. The van der Waals surface area contributed by atoms with Crippen molar-refractivity contribution >= 4 is 15.9 Å². The summed E-state index contributed by atoms with van der Waals surface area (Å²) in [6.45, 7) is 3.15. The summed E-state index contributed by atoms with van der Waals surface area (Å²) in [6, 6.07) is 8.84. The van der Waals surface area contributed by atoms with Gasteiger partial charge in [-0.2, -0.15) is 0 Å². The second kappa shape index (κ2) is 21.7. The van der Waals surface area contributed by atoms with Crippen LogP contribution in [0.25, 0.3) is 0 Å². The molecule has 0 amide bonds. The molecule has 0 N–H and O–H groups in total. The molecule has 1 rings (SSSR count). The highest BCUT2D eigenvalue weighted by Gasteiger charge is 1.98. The third-order valence-electron chi connectivity index (χ3n) is 6.04. The summed E-state index contributed by atoms with van der Waals surface area (Å²) in [7, 11) is 0. The predicted octanol–water partition coefficient (Wildman–Crippen LogP) is 10.0. The molecule has 0 radical (unpaired) electrons. The summed E-state index contributed by atoms with van der Waals surface area (Å²) < 4.78 is 5.92. The third kappa shape index (κ3) is 17.2. The molecular formula is C28H49BrO. The molecule has 0 saturated heterocycles. The molecular weight excluding hydrogens is 432 g/mol. The van der Waals surface area contributed by atoms with Crippen LogP contribution in [0.5, 0.6) is 5.75 Å². The van der Waals surface area contributed by atoms with Gasteiger partial charge in [-0.05, 0) is 43.4 Å². The fraction of sp³-hybridized carbons (Fsp3) is 0.786. The Kier molecular flexibility index (Phi) is 19.9. The first-order valence-corrected chi connectivity index (χ1v) is 14.3. The molecule has 0 fully saturated rings. The Balaban J connectivity index is 1.91. The zero-order valence-corrected chi connectivity index (χ0v) is 21.5. The van der Waals surface area contributed by atoms with Crippen molar-refractivity contribution in [2.75, 3.05) is 11.9 Å². The van der Waals surface area contributed by atoms with E-state index in [0.29, 0.717) is 0 Å². The maximum absolute atomic E-state index is 5.92. The average molecular weight is 482 g/mol. The number of hydrogen-bond acceptors (Lipinski definition) is 1. The van der Waals surface area contributed by atoms with Crippen molar-refractivity contribution in [1.82, 2.24) is 0 Å². The Morgan fingerprint density at radius 2 is 1.03 bits per heavy atom. The second-order valence-corrected chi connectivity index (χ2v) is 9.73. The number of alkyl halides is 1. The van der Waals surface area contributed by atoms with E-state index in [0.717, 1.165) is 12.4 Å². The van der Waals surface area contributed by atoms with E-state index < -0.39 is 0 Å². The fourth-order valence-electron chi connectivity index (χ4n) is 4.02. The number of hydrogen-bond donors (Lipinski definition) is 0. The van der Waals surface area contributed by atoms with Gasteiger partial charge >= 0.3 is 0 Å². The molecule has 1 aromatic rings. The van der Waals surface area contributed by atoms with Crippen LogP contribution in [0.15, 0.2) is 24.3 Å². The van der Waals surface area contributed by atoms with Gasteiger partial charge in [0.1, 0.15) is 5.75 Å². The molecule has 30 heavy (non-hydrogen) atoms. The quantitative estimate of drug-likeness (QED) is 0.118. The van der Waals surface area contributed by atoms with Crippen LogP contribution in [-0.2, 0) is 6.42 Å². The van der Waals surface area contributed by atoms with Gasteiger partial charge in [0.15, 0.2) is 0 Å². The minimum atomic E-state index is 0.866. The lowest BCUT2D eigenvalue weighted by molar-refractivity contribution is 0.304. The van der Waals surface area contributed by atoms with Gasteiger partial charge in [-0.3, -0.25) is 0 Å². The summed E-state index contributed by atoms with van der Waals surface area (Å²) in [5.41, 5.74) is 1.46. The minimum Gasteiger partial charge on any atom is -0.494 e. The van der Waals surface area contributed by atoms with Crippen LogP contribution in [0.3, 0.4) is 0 Å². The van der Waals surface area contributed by atoms with Crippen LogP contribution in [0, 0.1) is 0 Å². The van der Waals surface area contributed by atoms with Crippen LogP contribution in [0.1, 0.15) is 128 Å². The van der Waals surface area contributed by atoms with Crippen LogP contribution in [0.4, 0.5) is 0 Å². The van der Waals surface area contributed by atoms with E-state index in [1.165, 1.54) is 133 Å². The molecule has 0 saturated carbocycles. The van der Waals surface area contributed by atoms with Gasteiger partial charge in [-0.25, -0.2) is 0 Å². The molecule has 174 valence electrons. The molecule has 1 nitrogen and oxygen atoms in total. The van der Waals surface area contributed by atoms with Crippen molar-refractivity contribution in [2.45, 2.75) is 129 Å². The standard InChI is InChI=1S/C28H49BrO/c1-2-3-4-5-6-13-16-19-26-30-28-23-21-27(22-24-28)20-17-14-11-9-7-8-10-12-15-18-25-29/h21-24H,2-20,25-26H2,1H3. The lowest BCUT2D eigenvalue weighted by Crippen LogP contribution is -1.97. The lowest BCUT2D eigenvalue weighted by Gasteiger charge is -2.08. The maximum Gasteiger partial charge on any atom is 0.119 e. The van der Waals surface area contributed by atoms with Gasteiger partial charge in [0, 0.05) is 5.33 Å². The first kappa shape index (κ1) is 27.5. The zero-order chi connectivity index (χ0) is 21.5. The van der Waals surface area contributed by atoms with Gasteiger partial charge in [0.2, 0.25) is 0 Å². The minimum absolute atomic E-state index is 0.866. The van der Waals surface area contributed by atoms with E-state index in [-0.39, 0.29) is 0 Å². The monoisotopic (exact) mass is 480 g/mol. The SMILES string of the molecule is CCCCCCCCCCOc1ccc(CCCCCCCCCCCCBr)cc1. The molecule has 0 bridgehead atoms. The topological polar surface area (TPSA) is 9.23 Å². The maximum atomic E-state index is 5.92. The smallest absolute Gasteiger partial charge is 0.119 e. The number of benzene rings is 1. The van der Waals surface area contributed by atoms with E-state index in [1.807, 2.05) is 0 Å². The Bertz CT molecular complexity index is 456. The van der Waals surface area contributed by atoms with Gasteiger partial charge in [-0.1, -0.05) is 131 Å². The Morgan fingerprint density at radius 1 is 0.567 bits per heavy atom. The van der Waals surface area contributed by atoms with Gasteiger partial charge in [0.25, 0.3) is 0 Å². The van der Waals surface area contributed by atoms with E-state index in [4.69, 9.17) is 4.74 Å². The van der Waals surface area contributed by atoms with Crippen molar-refractivity contribution in [1.29, 1.82) is 0 Å². The molecule has 0 spiro atoms. The molecule has 0 aliphatic rings. The Hall–Kier alpha value is -0.500. The van der Waals surface area contributed by atoms with Crippen molar-refractivity contribution in [3.63, 3.8) is 0 Å². The van der Waals surface area contributed by atoms with Crippen molar-refractivity contribution in [3.8, 4) is 5.75 Å². The van der Waals surface area contributed by atoms with E-state index in [2.05, 4.69) is 47.1 Å². The highest BCUT2D eigenvalue weighted by molar-refractivity contribution is 9.09. The number of ether oxygens (including phenoxy) is 1. The van der Waals surface area contributed by atoms with Crippen molar-refractivity contribution in [2.24, 2.45) is 0 Å². The molecule has 0 aliphatic heterocycles. The molecule has 0 atom stereocenters. The number of unbranched alkanes of at least 4 members (excludes halogenated alkanes) is 16. The summed E-state index contributed by atoms with van der Waals surface area (Å²) in [4.78, 5) is 0. The number of halogens is 1. The Labute approximate surface area is 196 Å². The highest BCUT2D eigenvalue weighted by Crippen LogP contribution is 2.16. The largest absolute Gasteiger partial charge is 0.494 e. The van der Waals surface area contributed by atoms with Crippen LogP contribution in [0.2, 0.25) is 0 Å². The molecule has 0 aliphatic carbocycles. The van der Waals surface area contributed by atoms with E-state index in [9.17, 15) is 0 Å². The first-order chi connectivity index (χ1) is 14.9. The zero-order valence-electron chi connectivity index (χ0n) is 19.9. The summed E-state index contributed by atoms with van der Waals surface area (Å²) in [5.74, 6) is 1.04. The van der Waals surface area contributed by atoms with E-state index in [1.54, 1.807) is 0 Å². The Morgan fingerprint density at radius 3 is 1.57 bits per heavy atom. The van der Waals surface area contributed by atoms with Crippen molar-refractivity contribution in [3.05, 3.63) is 29.8 Å². The van der Waals surface area contributed by atoms with Crippen LogP contribution in [-0.4, -0.2) is 11.9 Å². The molecule has 2 heteroatoms. The van der Waals surface area contributed by atoms with E-state index >= 15 is 0 Å². The van der Waals surface area contributed by atoms with Gasteiger partial charge in [0.05, 0.1) is 6.61 Å². The molecule has 0 unspecified atom stereocenters. The number of aryl methyl sites for hydroxylation is 1. The summed E-state index contributed by atoms with van der Waals surface area (Å²) in [6.07, 6.45) is 26.0. The molecule has 1 aromatic carbocycles. The second-order valence-electron chi connectivity index (χ2n) is 8.94. The lowest BCUT2D eigenvalue weighted by atomic mass is 10.0. The van der Waals surface area contributed by atoms with Gasteiger partial charge < -0.3 is 4.74 Å². The molecule has 0 aromatic heterocycles.